The Labute approximate surface area is 320 Å². The summed E-state index contributed by atoms with van der Waals surface area (Å²) >= 11 is 0. The van der Waals surface area contributed by atoms with E-state index in [0.29, 0.717) is 0 Å². The lowest BCUT2D eigenvalue weighted by Gasteiger charge is -2.11. The SMILES string of the molecule is c1ccc2c(c1)oc1ccc3c4cccc(-c5ccc(-c6ccc(-c7ccc(-c8cnc9c%10ccccc%10c%10ccccc%10c9n8)cc7)cc6)cc5)c4oc3c12. The summed E-state index contributed by atoms with van der Waals surface area (Å²) in [6.45, 7) is 0. The van der Waals surface area contributed by atoms with E-state index < -0.39 is 0 Å². The van der Waals surface area contributed by atoms with Crippen LogP contribution in [0.2, 0.25) is 0 Å². The number of para-hydroxylation sites is 2. The molecule has 0 amide bonds. The van der Waals surface area contributed by atoms with E-state index in [1.54, 1.807) is 0 Å². The molecule has 3 heterocycles. The Morgan fingerprint density at radius 2 is 0.839 bits per heavy atom. The molecule has 4 heteroatoms. The fraction of sp³-hybridized carbons (Fsp3) is 0. The number of benzene rings is 9. The number of fused-ring (bicyclic) bond motifs is 13. The smallest absolute Gasteiger partial charge is 0.147 e. The lowest BCUT2D eigenvalue weighted by atomic mass is 9.97. The van der Waals surface area contributed by atoms with Gasteiger partial charge in [-0.1, -0.05) is 158 Å². The Morgan fingerprint density at radius 1 is 0.321 bits per heavy atom. The zero-order valence-corrected chi connectivity index (χ0v) is 30.0. The Hall–Kier alpha value is -7.56. The van der Waals surface area contributed by atoms with Gasteiger partial charge < -0.3 is 8.83 Å². The van der Waals surface area contributed by atoms with Gasteiger partial charge in [-0.05, 0) is 56.8 Å². The highest BCUT2D eigenvalue weighted by molar-refractivity contribution is 6.24. The fourth-order valence-corrected chi connectivity index (χ4v) is 8.58. The minimum atomic E-state index is 0.838. The van der Waals surface area contributed by atoms with Crippen LogP contribution in [-0.2, 0) is 0 Å². The summed E-state index contributed by atoms with van der Waals surface area (Å²) in [6, 6.07) is 61.8. The Balaban J connectivity index is 0.833. The molecular formula is C52H30N2O2. The summed E-state index contributed by atoms with van der Waals surface area (Å²) in [7, 11) is 0. The first-order valence-electron chi connectivity index (χ1n) is 18.9. The third-order valence-electron chi connectivity index (χ3n) is 11.4. The normalized spacial score (nSPS) is 11.9. The van der Waals surface area contributed by atoms with Crippen molar-refractivity contribution in [3.05, 3.63) is 182 Å². The van der Waals surface area contributed by atoms with Gasteiger partial charge in [0.25, 0.3) is 0 Å². The number of furan rings is 2. The molecule has 12 aromatic rings. The fourth-order valence-electron chi connectivity index (χ4n) is 8.58. The van der Waals surface area contributed by atoms with Gasteiger partial charge in [-0.25, -0.2) is 4.98 Å². The lowest BCUT2D eigenvalue weighted by molar-refractivity contribution is 0.663. The minimum Gasteiger partial charge on any atom is -0.456 e. The first kappa shape index (κ1) is 30.9. The molecule has 0 fully saturated rings. The standard InChI is InChI=1S/C52H30N2O2/c1-3-10-40-38(8-1)39-9-2-4-11-41(39)50-49(40)53-30-45(54-50)36-26-22-34(23-27-36)32-18-16-31(17-19-32)33-20-24-35(25-21-33)37-13-7-14-42-43-28-29-47-48(52(43)56-51(37)42)44-12-5-6-15-46(44)55-47/h1-30H. The van der Waals surface area contributed by atoms with Gasteiger partial charge in [0.2, 0.25) is 0 Å². The predicted octanol–water partition coefficient (Wildman–Crippen LogP) is 14.4. The number of hydrogen-bond acceptors (Lipinski definition) is 4. The van der Waals surface area contributed by atoms with Crippen molar-refractivity contribution in [2.45, 2.75) is 0 Å². The summed E-state index contributed by atoms with van der Waals surface area (Å²) in [5.41, 5.74) is 14.1. The third-order valence-corrected chi connectivity index (χ3v) is 11.4. The number of hydrogen-bond donors (Lipinski definition) is 0. The molecule has 9 aromatic carbocycles. The van der Waals surface area contributed by atoms with Crippen molar-refractivity contribution in [2.24, 2.45) is 0 Å². The Kier molecular flexibility index (Phi) is 6.60. The maximum absolute atomic E-state index is 6.70. The third kappa shape index (κ3) is 4.66. The maximum Gasteiger partial charge on any atom is 0.147 e. The van der Waals surface area contributed by atoms with E-state index in [-0.39, 0.29) is 0 Å². The molecule has 0 aliphatic heterocycles. The second-order valence-corrected chi connectivity index (χ2v) is 14.5. The first-order chi connectivity index (χ1) is 27.7. The molecule has 0 atom stereocenters. The molecule has 12 rings (SSSR count). The summed E-state index contributed by atoms with van der Waals surface area (Å²) < 4.78 is 12.8. The molecule has 3 aromatic heterocycles. The number of aromatic nitrogens is 2. The molecule has 4 nitrogen and oxygen atoms in total. The van der Waals surface area contributed by atoms with E-state index in [2.05, 4.69) is 158 Å². The van der Waals surface area contributed by atoms with Gasteiger partial charge in [-0.15, -0.1) is 0 Å². The van der Waals surface area contributed by atoms with E-state index in [1.165, 1.54) is 16.3 Å². The van der Waals surface area contributed by atoms with Gasteiger partial charge in [0.1, 0.15) is 22.3 Å². The first-order valence-corrected chi connectivity index (χ1v) is 18.9. The molecule has 0 aliphatic carbocycles. The van der Waals surface area contributed by atoms with E-state index in [1.807, 2.05) is 24.4 Å². The molecule has 0 bridgehead atoms. The van der Waals surface area contributed by atoms with Crippen LogP contribution in [0.25, 0.3) is 121 Å². The van der Waals surface area contributed by atoms with Crippen LogP contribution >= 0.6 is 0 Å². The average Bonchev–Trinajstić information content (AvgIpc) is 3.85. The van der Waals surface area contributed by atoms with E-state index in [4.69, 9.17) is 18.8 Å². The molecule has 0 saturated carbocycles. The van der Waals surface area contributed by atoms with Crippen molar-refractivity contribution in [1.82, 2.24) is 9.97 Å². The van der Waals surface area contributed by atoms with Crippen molar-refractivity contribution in [3.63, 3.8) is 0 Å². The monoisotopic (exact) mass is 714 g/mol. The topological polar surface area (TPSA) is 52.1 Å². The van der Waals surface area contributed by atoms with Crippen molar-refractivity contribution >= 4 is 76.5 Å². The van der Waals surface area contributed by atoms with Crippen LogP contribution in [0.4, 0.5) is 0 Å². The second-order valence-electron chi connectivity index (χ2n) is 14.5. The molecule has 0 unspecified atom stereocenters. The summed E-state index contributed by atoms with van der Waals surface area (Å²) in [4.78, 5) is 10.1. The van der Waals surface area contributed by atoms with E-state index in [0.717, 1.165) is 105 Å². The highest BCUT2D eigenvalue weighted by Crippen LogP contribution is 2.42. The van der Waals surface area contributed by atoms with Gasteiger partial charge in [-0.2, -0.15) is 0 Å². The quantitative estimate of drug-likeness (QED) is 0.170. The number of rotatable bonds is 4. The molecule has 0 N–H and O–H groups in total. The molecular weight excluding hydrogens is 685 g/mol. The van der Waals surface area contributed by atoms with Gasteiger partial charge in [0, 0.05) is 38.1 Å². The predicted molar refractivity (Wildman–Crippen MR) is 231 cm³/mol. The zero-order chi connectivity index (χ0) is 36.7. The highest BCUT2D eigenvalue weighted by Gasteiger charge is 2.18. The van der Waals surface area contributed by atoms with Gasteiger partial charge in [0.05, 0.1) is 28.3 Å². The zero-order valence-electron chi connectivity index (χ0n) is 30.0. The van der Waals surface area contributed by atoms with Crippen molar-refractivity contribution in [1.29, 1.82) is 0 Å². The maximum atomic E-state index is 6.70. The Bertz CT molecular complexity index is 3470. The molecule has 0 radical (unpaired) electrons. The van der Waals surface area contributed by atoms with Crippen LogP contribution in [-0.4, -0.2) is 9.97 Å². The minimum absolute atomic E-state index is 0.838. The van der Waals surface area contributed by atoms with Gasteiger partial charge in [-0.3, -0.25) is 4.98 Å². The van der Waals surface area contributed by atoms with Crippen molar-refractivity contribution in [3.8, 4) is 44.6 Å². The number of nitrogens with zero attached hydrogens (tertiary/aromatic N) is 2. The summed E-state index contributed by atoms with van der Waals surface area (Å²) in [5.74, 6) is 0. The highest BCUT2D eigenvalue weighted by atomic mass is 16.3. The van der Waals surface area contributed by atoms with Crippen LogP contribution in [0.1, 0.15) is 0 Å². The molecule has 56 heavy (non-hydrogen) atoms. The van der Waals surface area contributed by atoms with E-state index >= 15 is 0 Å². The van der Waals surface area contributed by atoms with Crippen molar-refractivity contribution in [2.75, 3.05) is 0 Å². The van der Waals surface area contributed by atoms with Crippen LogP contribution in [0.5, 0.6) is 0 Å². The average molecular weight is 715 g/mol. The largest absolute Gasteiger partial charge is 0.456 e. The molecule has 0 saturated heterocycles. The van der Waals surface area contributed by atoms with Crippen LogP contribution in [0, 0.1) is 0 Å². The van der Waals surface area contributed by atoms with E-state index in [9.17, 15) is 0 Å². The Morgan fingerprint density at radius 3 is 1.50 bits per heavy atom. The molecule has 0 aliphatic rings. The van der Waals surface area contributed by atoms with Crippen LogP contribution < -0.4 is 0 Å². The lowest BCUT2D eigenvalue weighted by Crippen LogP contribution is -1.92. The molecule has 0 spiro atoms. The van der Waals surface area contributed by atoms with Gasteiger partial charge >= 0.3 is 0 Å². The second kappa shape index (κ2) is 12.0. The molecule has 260 valence electrons. The summed E-state index contributed by atoms with van der Waals surface area (Å²) in [6.07, 6.45) is 1.90. The van der Waals surface area contributed by atoms with Crippen LogP contribution in [0.3, 0.4) is 0 Å². The van der Waals surface area contributed by atoms with Crippen LogP contribution in [0.15, 0.2) is 191 Å². The van der Waals surface area contributed by atoms with Crippen molar-refractivity contribution < 1.29 is 8.83 Å². The van der Waals surface area contributed by atoms with Gasteiger partial charge in [0.15, 0.2) is 0 Å². The summed E-state index contributed by atoms with van der Waals surface area (Å²) in [5, 5.41) is 8.94.